The molecule has 0 unspecified atom stereocenters. The lowest BCUT2D eigenvalue weighted by Crippen LogP contribution is -2.28. The molecule has 1 amide bonds. The van der Waals surface area contributed by atoms with E-state index in [-0.39, 0.29) is 17.7 Å². The number of aryl methyl sites for hydroxylation is 1. The minimum absolute atomic E-state index is 0.00471. The van der Waals surface area contributed by atoms with Crippen LogP contribution in [0.5, 0.6) is 11.5 Å². The second-order valence-corrected chi connectivity index (χ2v) is 6.62. The molecule has 7 heteroatoms. The van der Waals surface area contributed by atoms with Crippen LogP contribution in [0.1, 0.15) is 11.5 Å². The highest BCUT2D eigenvalue weighted by molar-refractivity contribution is 5.93. The van der Waals surface area contributed by atoms with Crippen LogP contribution in [-0.2, 0) is 11.8 Å². The predicted molar refractivity (Wildman–Crippen MR) is 102 cm³/mol. The van der Waals surface area contributed by atoms with Gasteiger partial charge in [-0.25, -0.2) is 0 Å². The summed E-state index contributed by atoms with van der Waals surface area (Å²) in [5.41, 5.74) is 1.79. The Kier molecular flexibility index (Phi) is 4.84. The molecule has 0 spiro atoms. The number of nitrogens with zero attached hydrogens (tertiary/aromatic N) is 3. The van der Waals surface area contributed by atoms with Crippen LogP contribution in [0.25, 0.3) is 0 Å². The van der Waals surface area contributed by atoms with Crippen molar-refractivity contribution in [3.63, 3.8) is 0 Å². The first-order chi connectivity index (χ1) is 13.2. The van der Waals surface area contributed by atoms with Gasteiger partial charge in [-0.15, -0.1) is 0 Å². The SMILES string of the molecule is Cn1cc([C@H]2CNC[C@@H]2C(=O)Nc2cccc(Oc3ccncc3)c2)cn1. The first kappa shape index (κ1) is 17.2. The van der Waals surface area contributed by atoms with Crippen molar-refractivity contribution < 1.29 is 9.53 Å². The van der Waals surface area contributed by atoms with E-state index in [1.807, 2.05) is 43.7 Å². The lowest BCUT2D eigenvalue weighted by Gasteiger charge is -2.17. The molecule has 3 heterocycles. The fourth-order valence-electron chi connectivity index (χ4n) is 3.35. The standard InChI is InChI=1S/C20H21N5O2/c1-25-13-14(10-23-25)18-11-22-12-19(18)20(26)24-15-3-2-4-17(9-15)27-16-5-7-21-8-6-16/h2-10,13,18-19,22H,11-12H2,1H3,(H,24,26)/t18-,19+/m1/s1. The summed E-state index contributed by atoms with van der Waals surface area (Å²) < 4.78 is 7.57. The molecule has 0 saturated carbocycles. The Morgan fingerprint density at radius 1 is 1.22 bits per heavy atom. The van der Waals surface area contributed by atoms with E-state index in [1.165, 1.54) is 0 Å². The molecule has 4 rings (SSSR count). The first-order valence-corrected chi connectivity index (χ1v) is 8.87. The van der Waals surface area contributed by atoms with Crippen LogP contribution >= 0.6 is 0 Å². The van der Waals surface area contributed by atoms with Gasteiger partial charge in [0.15, 0.2) is 0 Å². The highest BCUT2D eigenvalue weighted by Crippen LogP contribution is 2.30. The molecule has 7 nitrogen and oxygen atoms in total. The maximum absolute atomic E-state index is 12.8. The van der Waals surface area contributed by atoms with Gasteiger partial charge in [0.25, 0.3) is 0 Å². The minimum atomic E-state index is -0.140. The van der Waals surface area contributed by atoms with Gasteiger partial charge in [-0.2, -0.15) is 5.10 Å². The zero-order valence-electron chi connectivity index (χ0n) is 15.0. The molecule has 138 valence electrons. The molecule has 1 aromatic carbocycles. The summed E-state index contributed by atoms with van der Waals surface area (Å²) >= 11 is 0. The Balaban J connectivity index is 1.45. The van der Waals surface area contributed by atoms with Crippen molar-refractivity contribution >= 4 is 11.6 Å². The fourth-order valence-corrected chi connectivity index (χ4v) is 3.35. The molecule has 27 heavy (non-hydrogen) atoms. The fraction of sp³-hybridized carbons (Fsp3) is 0.250. The van der Waals surface area contributed by atoms with E-state index >= 15 is 0 Å². The van der Waals surface area contributed by atoms with Crippen molar-refractivity contribution in [1.29, 1.82) is 0 Å². The highest BCUT2D eigenvalue weighted by atomic mass is 16.5. The summed E-state index contributed by atoms with van der Waals surface area (Å²) in [6.07, 6.45) is 7.15. The number of hydrogen-bond donors (Lipinski definition) is 2. The van der Waals surface area contributed by atoms with Crippen LogP contribution in [0.15, 0.2) is 61.2 Å². The minimum Gasteiger partial charge on any atom is -0.457 e. The normalized spacial score (nSPS) is 19.0. The smallest absolute Gasteiger partial charge is 0.229 e. The Hall–Kier alpha value is -3.19. The summed E-state index contributed by atoms with van der Waals surface area (Å²) in [4.78, 5) is 16.8. The van der Waals surface area contributed by atoms with Gasteiger partial charge < -0.3 is 15.4 Å². The van der Waals surface area contributed by atoms with E-state index in [0.29, 0.717) is 23.7 Å². The maximum atomic E-state index is 12.8. The van der Waals surface area contributed by atoms with Gasteiger partial charge in [-0.1, -0.05) is 6.07 Å². The van der Waals surface area contributed by atoms with Crippen LogP contribution < -0.4 is 15.4 Å². The number of hydrogen-bond acceptors (Lipinski definition) is 5. The summed E-state index contributed by atoms with van der Waals surface area (Å²) in [6, 6.07) is 11.0. The van der Waals surface area contributed by atoms with Crippen LogP contribution in [0.4, 0.5) is 5.69 Å². The molecule has 1 aliphatic rings. The average molecular weight is 363 g/mol. The molecule has 3 aromatic rings. The van der Waals surface area contributed by atoms with Crippen LogP contribution in [0.3, 0.4) is 0 Å². The topological polar surface area (TPSA) is 81.1 Å². The Bertz CT molecular complexity index is 925. The third kappa shape index (κ3) is 3.98. The lowest BCUT2D eigenvalue weighted by molar-refractivity contribution is -0.119. The Morgan fingerprint density at radius 2 is 2.07 bits per heavy atom. The number of carbonyl (C=O) groups excluding carboxylic acids is 1. The number of nitrogens with one attached hydrogen (secondary N) is 2. The second kappa shape index (κ2) is 7.59. The van der Waals surface area contributed by atoms with Crippen LogP contribution in [0, 0.1) is 5.92 Å². The number of carbonyl (C=O) groups is 1. The van der Waals surface area contributed by atoms with Gasteiger partial charge in [0, 0.05) is 56.4 Å². The van der Waals surface area contributed by atoms with E-state index in [9.17, 15) is 4.79 Å². The number of anilines is 1. The van der Waals surface area contributed by atoms with Crippen molar-refractivity contribution in [1.82, 2.24) is 20.1 Å². The number of rotatable bonds is 5. The van der Waals surface area contributed by atoms with Crippen LogP contribution in [-0.4, -0.2) is 33.8 Å². The van der Waals surface area contributed by atoms with Crippen molar-refractivity contribution in [2.24, 2.45) is 13.0 Å². The van der Waals surface area contributed by atoms with Crippen molar-refractivity contribution in [2.75, 3.05) is 18.4 Å². The lowest BCUT2D eigenvalue weighted by atomic mass is 9.90. The van der Waals surface area contributed by atoms with Gasteiger partial charge in [0.2, 0.25) is 5.91 Å². The summed E-state index contributed by atoms with van der Waals surface area (Å²) in [7, 11) is 1.88. The zero-order chi connectivity index (χ0) is 18.6. The molecule has 0 bridgehead atoms. The van der Waals surface area contributed by atoms with Crippen molar-refractivity contribution in [3.05, 3.63) is 66.7 Å². The van der Waals surface area contributed by atoms with E-state index in [2.05, 4.69) is 20.7 Å². The summed E-state index contributed by atoms with van der Waals surface area (Å²) in [5, 5.41) is 10.6. The number of aromatic nitrogens is 3. The molecular formula is C20H21N5O2. The molecule has 2 aromatic heterocycles. The number of pyridine rings is 1. The quantitative estimate of drug-likeness (QED) is 0.728. The van der Waals surface area contributed by atoms with Gasteiger partial charge in [-0.05, 0) is 29.8 Å². The molecule has 2 atom stereocenters. The maximum Gasteiger partial charge on any atom is 0.229 e. The molecule has 0 aliphatic carbocycles. The molecule has 2 N–H and O–H groups in total. The monoisotopic (exact) mass is 363 g/mol. The molecule has 1 fully saturated rings. The van der Waals surface area contributed by atoms with E-state index in [1.54, 1.807) is 29.2 Å². The molecular weight excluding hydrogens is 342 g/mol. The van der Waals surface area contributed by atoms with Gasteiger partial charge in [0.1, 0.15) is 11.5 Å². The Labute approximate surface area is 157 Å². The second-order valence-electron chi connectivity index (χ2n) is 6.62. The van der Waals surface area contributed by atoms with Crippen molar-refractivity contribution in [2.45, 2.75) is 5.92 Å². The summed E-state index contributed by atoms with van der Waals surface area (Å²) in [6.45, 7) is 1.42. The third-order valence-electron chi connectivity index (χ3n) is 4.69. The van der Waals surface area contributed by atoms with E-state index in [4.69, 9.17) is 4.74 Å². The first-order valence-electron chi connectivity index (χ1n) is 8.87. The summed E-state index contributed by atoms with van der Waals surface area (Å²) in [5.74, 6) is 1.33. The highest BCUT2D eigenvalue weighted by Gasteiger charge is 2.34. The van der Waals surface area contributed by atoms with Crippen LogP contribution in [0.2, 0.25) is 0 Å². The number of benzene rings is 1. The Morgan fingerprint density at radius 3 is 2.85 bits per heavy atom. The largest absolute Gasteiger partial charge is 0.457 e. The predicted octanol–water partition coefficient (Wildman–Crippen LogP) is 2.55. The molecule has 0 radical (unpaired) electrons. The van der Waals surface area contributed by atoms with Crippen molar-refractivity contribution in [3.8, 4) is 11.5 Å². The van der Waals surface area contributed by atoms with E-state index in [0.717, 1.165) is 12.1 Å². The number of ether oxygens (including phenoxy) is 1. The zero-order valence-corrected chi connectivity index (χ0v) is 15.0. The molecule has 1 aliphatic heterocycles. The van der Waals surface area contributed by atoms with Gasteiger partial charge >= 0.3 is 0 Å². The van der Waals surface area contributed by atoms with Gasteiger partial charge in [0.05, 0.1) is 12.1 Å². The third-order valence-corrected chi connectivity index (χ3v) is 4.69. The average Bonchev–Trinajstić information content (AvgIpc) is 3.31. The number of amides is 1. The van der Waals surface area contributed by atoms with E-state index < -0.39 is 0 Å². The van der Waals surface area contributed by atoms with Gasteiger partial charge in [-0.3, -0.25) is 14.5 Å². The molecule has 1 saturated heterocycles.